The van der Waals surface area contributed by atoms with Crippen molar-refractivity contribution in [2.24, 2.45) is 5.92 Å². The average molecular weight is 375 g/mol. The molecule has 0 radical (unpaired) electrons. The lowest BCUT2D eigenvalue weighted by molar-refractivity contribution is 0.0952. The van der Waals surface area contributed by atoms with Crippen LogP contribution in [0.3, 0.4) is 0 Å². The fourth-order valence-electron chi connectivity index (χ4n) is 2.74. The van der Waals surface area contributed by atoms with Crippen LogP contribution in [0.4, 0.5) is 5.69 Å². The summed E-state index contributed by atoms with van der Waals surface area (Å²) < 4.78 is 1.64. The molecular weight excluding hydrogens is 352 g/mol. The predicted molar refractivity (Wildman–Crippen MR) is 102 cm³/mol. The quantitative estimate of drug-likeness (QED) is 0.810. The van der Waals surface area contributed by atoms with E-state index in [0.717, 1.165) is 12.8 Å². The van der Waals surface area contributed by atoms with Crippen molar-refractivity contribution in [3.8, 4) is 0 Å². The maximum atomic E-state index is 12.8. The molecule has 1 aliphatic rings. The lowest BCUT2D eigenvalue weighted by atomic mass is 10.1. The van der Waals surface area contributed by atoms with E-state index in [0.29, 0.717) is 40.1 Å². The number of rotatable bonds is 6. The third kappa shape index (κ3) is 4.07. The van der Waals surface area contributed by atoms with E-state index in [1.165, 1.54) is 0 Å². The second-order valence-corrected chi connectivity index (χ2v) is 7.43. The Balaban J connectivity index is 1.82. The van der Waals surface area contributed by atoms with Gasteiger partial charge >= 0.3 is 0 Å². The van der Waals surface area contributed by atoms with Gasteiger partial charge in [0, 0.05) is 12.6 Å². The first-order chi connectivity index (χ1) is 12.4. The Labute approximate surface area is 157 Å². The van der Waals surface area contributed by atoms with E-state index in [1.54, 1.807) is 35.9 Å². The minimum absolute atomic E-state index is 0.179. The first-order valence-corrected chi connectivity index (χ1v) is 9.18. The summed E-state index contributed by atoms with van der Waals surface area (Å²) >= 11 is 6.37. The van der Waals surface area contributed by atoms with Crippen molar-refractivity contribution < 1.29 is 9.59 Å². The number of hydrogen-bond acceptors (Lipinski definition) is 3. The molecule has 1 aromatic heterocycles. The fraction of sp³-hybridized carbons (Fsp3) is 0.421. The molecule has 1 saturated carbocycles. The van der Waals surface area contributed by atoms with Gasteiger partial charge in [-0.2, -0.15) is 5.10 Å². The molecule has 0 spiro atoms. The highest BCUT2D eigenvalue weighted by Gasteiger charge is 2.26. The maximum absolute atomic E-state index is 12.8. The van der Waals surface area contributed by atoms with Gasteiger partial charge in [0.05, 0.1) is 22.5 Å². The highest BCUT2D eigenvalue weighted by atomic mass is 35.5. The first-order valence-electron chi connectivity index (χ1n) is 8.81. The van der Waals surface area contributed by atoms with Crippen LogP contribution in [0.5, 0.6) is 0 Å². The van der Waals surface area contributed by atoms with Gasteiger partial charge < -0.3 is 10.6 Å². The molecule has 0 unspecified atom stereocenters. The lowest BCUT2D eigenvalue weighted by Gasteiger charge is -2.11. The van der Waals surface area contributed by atoms with E-state index < -0.39 is 0 Å². The molecule has 6 nitrogen and oxygen atoms in total. The number of benzene rings is 1. The smallest absolute Gasteiger partial charge is 0.260 e. The van der Waals surface area contributed by atoms with Crippen molar-refractivity contribution in [1.29, 1.82) is 0 Å². The average Bonchev–Trinajstić information content (AvgIpc) is 3.33. The largest absolute Gasteiger partial charge is 0.349 e. The number of nitrogens with zero attached hydrogens (tertiary/aromatic N) is 2. The highest BCUT2D eigenvalue weighted by Crippen LogP contribution is 2.25. The van der Waals surface area contributed by atoms with Crippen LogP contribution in [-0.2, 0) is 6.54 Å². The molecule has 7 heteroatoms. The number of hydrogen-bond donors (Lipinski definition) is 2. The summed E-state index contributed by atoms with van der Waals surface area (Å²) in [7, 11) is 0. The van der Waals surface area contributed by atoms with E-state index in [4.69, 9.17) is 11.6 Å². The molecule has 0 bridgehead atoms. The minimum atomic E-state index is -0.367. The summed E-state index contributed by atoms with van der Waals surface area (Å²) in [6.07, 6.45) is 2.01. The molecule has 0 saturated heterocycles. The van der Waals surface area contributed by atoms with Crippen LogP contribution in [0.25, 0.3) is 0 Å². The minimum Gasteiger partial charge on any atom is -0.349 e. The van der Waals surface area contributed by atoms with Gasteiger partial charge in [-0.3, -0.25) is 14.3 Å². The van der Waals surface area contributed by atoms with Crippen molar-refractivity contribution >= 4 is 29.1 Å². The van der Waals surface area contributed by atoms with Crippen molar-refractivity contribution in [2.45, 2.75) is 46.2 Å². The Morgan fingerprint density at radius 3 is 2.62 bits per heavy atom. The Bertz CT molecular complexity index is 840. The Morgan fingerprint density at radius 2 is 1.96 bits per heavy atom. The number of para-hydroxylation sites is 1. The number of nitrogens with one attached hydrogen (secondary N) is 2. The van der Waals surface area contributed by atoms with Gasteiger partial charge in [-0.05, 0) is 37.8 Å². The molecule has 1 fully saturated rings. The van der Waals surface area contributed by atoms with Crippen LogP contribution in [0.2, 0.25) is 5.15 Å². The monoisotopic (exact) mass is 374 g/mol. The van der Waals surface area contributed by atoms with Gasteiger partial charge in [-0.25, -0.2) is 0 Å². The molecular formula is C19H23ClN4O2. The zero-order valence-corrected chi connectivity index (χ0v) is 15.9. The van der Waals surface area contributed by atoms with Gasteiger partial charge in [0.15, 0.2) is 0 Å². The van der Waals surface area contributed by atoms with E-state index in [-0.39, 0.29) is 17.9 Å². The van der Waals surface area contributed by atoms with E-state index >= 15 is 0 Å². The summed E-state index contributed by atoms with van der Waals surface area (Å²) in [5, 5.41) is 10.4. The van der Waals surface area contributed by atoms with Gasteiger partial charge in [0.2, 0.25) is 0 Å². The standard InChI is InChI=1S/C19H23ClN4O2/c1-11(2)10-24-17(20)16(12(3)23-24)19(26)22-15-7-5-4-6-14(15)18(25)21-13-8-9-13/h4-7,11,13H,8-10H2,1-3H3,(H,21,25)(H,22,26). The summed E-state index contributed by atoms with van der Waals surface area (Å²) in [6.45, 7) is 6.50. The van der Waals surface area contributed by atoms with Gasteiger partial charge in [-0.1, -0.05) is 37.6 Å². The van der Waals surface area contributed by atoms with Gasteiger partial charge in [0.1, 0.15) is 5.15 Å². The number of anilines is 1. The van der Waals surface area contributed by atoms with Gasteiger partial charge in [-0.15, -0.1) is 0 Å². The van der Waals surface area contributed by atoms with Crippen LogP contribution in [0, 0.1) is 12.8 Å². The molecule has 138 valence electrons. The van der Waals surface area contributed by atoms with Crippen LogP contribution in [0.1, 0.15) is 53.1 Å². The summed E-state index contributed by atoms with van der Waals surface area (Å²) in [6, 6.07) is 7.21. The third-order valence-electron chi connectivity index (χ3n) is 4.16. The SMILES string of the molecule is Cc1nn(CC(C)C)c(Cl)c1C(=O)Nc1ccccc1C(=O)NC1CC1. The van der Waals surface area contributed by atoms with Gasteiger partial charge in [0.25, 0.3) is 11.8 Å². The Morgan fingerprint density at radius 1 is 1.27 bits per heavy atom. The number of carbonyl (C=O) groups excluding carboxylic acids is 2. The molecule has 2 aromatic rings. The molecule has 2 N–H and O–H groups in total. The number of aromatic nitrogens is 2. The second kappa shape index (κ2) is 7.50. The molecule has 3 rings (SSSR count). The zero-order valence-electron chi connectivity index (χ0n) is 15.2. The van der Waals surface area contributed by atoms with Crippen molar-refractivity contribution in [3.05, 3.63) is 46.2 Å². The second-order valence-electron chi connectivity index (χ2n) is 7.07. The van der Waals surface area contributed by atoms with Crippen LogP contribution >= 0.6 is 11.6 Å². The molecule has 26 heavy (non-hydrogen) atoms. The lowest BCUT2D eigenvalue weighted by Crippen LogP contribution is -2.27. The van der Waals surface area contributed by atoms with Crippen molar-refractivity contribution in [2.75, 3.05) is 5.32 Å². The van der Waals surface area contributed by atoms with Crippen LogP contribution in [-0.4, -0.2) is 27.6 Å². The molecule has 0 aliphatic heterocycles. The molecule has 0 atom stereocenters. The Hall–Kier alpha value is -2.34. The molecule has 2 amide bonds. The third-order valence-corrected chi connectivity index (χ3v) is 4.55. The molecule has 1 heterocycles. The van der Waals surface area contributed by atoms with Crippen molar-refractivity contribution in [1.82, 2.24) is 15.1 Å². The number of halogens is 1. The van der Waals surface area contributed by atoms with E-state index in [1.807, 2.05) is 0 Å². The number of amides is 2. The van der Waals surface area contributed by atoms with Crippen molar-refractivity contribution in [3.63, 3.8) is 0 Å². The molecule has 1 aromatic carbocycles. The topological polar surface area (TPSA) is 76.0 Å². The predicted octanol–water partition coefficient (Wildman–Crippen LogP) is 3.65. The summed E-state index contributed by atoms with van der Waals surface area (Å²) in [4.78, 5) is 25.2. The summed E-state index contributed by atoms with van der Waals surface area (Å²) in [5.41, 5.74) is 1.80. The normalized spacial score (nSPS) is 13.7. The van der Waals surface area contributed by atoms with E-state index in [9.17, 15) is 9.59 Å². The Kier molecular flexibility index (Phi) is 5.32. The maximum Gasteiger partial charge on any atom is 0.260 e. The van der Waals surface area contributed by atoms with Crippen LogP contribution < -0.4 is 10.6 Å². The fourth-order valence-corrected chi connectivity index (χ4v) is 3.07. The number of aryl methyl sites for hydroxylation is 1. The van der Waals surface area contributed by atoms with E-state index in [2.05, 4.69) is 29.6 Å². The number of carbonyl (C=O) groups is 2. The van der Waals surface area contributed by atoms with Crippen LogP contribution in [0.15, 0.2) is 24.3 Å². The zero-order chi connectivity index (χ0) is 18.8. The first kappa shape index (κ1) is 18.5. The highest BCUT2D eigenvalue weighted by molar-refractivity contribution is 6.33. The summed E-state index contributed by atoms with van der Waals surface area (Å²) in [5.74, 6) is -0.189. The molecule has 1 aliphatic carbocycles.